The summed E-state index contributed by atoms with van der Waals surface area (Å²) < 4.78 is 13.2. The van der Waals surface area contributed by atoms with Crippen LogP contribution >= 0.6 is 0 Å². The summed E-state index contributed by atoms with van der Waals surface area (Å²) in [7, 11) is 0. The number of nitrogens with zero attached hydrogens (tertiary/aromatic N) is 1. The monoisotopic (exact) mass is 151 g/mol. The molecule has 1 nitrogen and oxygen atoms in total. The van der Waals surface area contributed by atoms with Gasteiger partial charge < -0.3 is 0 Å². The van der Waals surface area contributed by atoms with Crippen LogP contribution in [0.25, 0.3) is 0 Å². The van der Waals surface area contributed by atoms with Crippen LogP contribution in [0, 0.1) is 0 Å². The molecule has 1 aromatic rings. The SMILES string of the molecule is FN(c1ccccc1)C1CC1. The van der Waals surface area contributed by atoms with Gasteiger partial charge in [-0.25, -0.2) is 5.12 Å². The van der Waals surface area contributed by atoms with Gasteiger partial charge in [-0.1, -0.05) is 22.7 Å². The fourth-order valence-electron chi connectivity index (χ4n) is 1.08. The molecule has 2 heteroatoms. The first-order valence-electron chi connectivity index (χ1n) is 3.88. The molecule has 11 heavy (non-hydrogen) atoms. The van der Waals surface area contributed by atoms with Crippen LogP contribution in [-0.4, -0.2) is 6.04 Å². The molecule has 0 spiro atoms. The minimum atomic E-state index is 0.150. The van der Waals surface area contributed by atoms with Gasteiger partial charge in [-0.15, -0.1) is 0 Å². The lowest BCUT2D eigenvalue weighted by atomic mass is 10.3. The van der Waals surface area contributed by atoms with Gasteiger partial charge in [-0.3, -0.25) is 0 Å². The number of benzene rings is 1. The Morgan fingerprint density at radius 3 is 2.36 bits per heavy atom. The van der Waals surface area contributed by atoms with E-state index in [1.807, 2.05) is 18.2 Å². The summed E-state index contributed by atoms with van der Waals surface area (Å²) in [5.41, 5.74) is 0.676. The smallest absolute Gasteiger partial charge is 0.0690 e. The molecule has 0 atom stereocenters. The molecule has 2 rings (SSSR count). The predicted octanol–water partition coefficient (Wildman–Crippen LogP) is 2.54. The van der Waals surface area contributed by atoms with Crippen LogP contribution in [0.5, 0.6) is 0 Å². The molecule has 1 aliphatic carbocycles. The van der Waals surface area contributed by atoms with Crippen LogP contribution in [0.1, 0.15) is 12.8 Å². The molecular formula is C9H10FN. The van der Waals surface area contributed by atoms with E-state index in [0.29, 0.717) is 5.69 Å². The van der Waals surface area contributed by atoms with Gasteiger partial charge in [0.05, 0.1) is 11.7 Å². The zero-order chi connectivity index (χ0) is 7.68. The third-order valence-electron chi connectivity index (χ3n) is 1.87. The Morgan fingerprint density at radius 1 is 1.18 bits per heavy atom. The van der Waals surface area contributed by atoms with Crippen molar-refractivity contribution in [3.8, 4) is 0 Å². The van der Waals surface area contributed by atoms with Crippen molar-refractivity contribution in [2.75, 3.05) is 5.12 Å². The lowest BCUT2D eigenvalue weighted by Crippen LogP contribution is -2.13. The molecular weight excluding hydrogens is 141 g/mol. The highest BCUT2D eigenvalue weighted by molar-refractivity contribution is 5.45. The Kier molecular flexibility index (Phi) is 1.53. The minimum Gasteiger partial charge on any atom is -0.209 e. The summed E-state index contributed by atoms with van der Waals surface area (Å²) in [6.45, 7) is 0. The molecule has 1 aromatic carbocycles. The number of hydrogen-bond donors (Lipinski definition) is 0. The van der Waals surface area contributed by atoms with Gasteiger partial charge in [0.25, 0.3) is 0 Å². The molecule has 58 valence electrons. The van der Waals surface area contributed by atoms with Gasteiger partial charge in [0.2, 0.25) is 0 Å². The number of para-hydroxylation sites is 1. The molecule has 0 radical (unpaired) electrons. The maximum Gasteiger partial charge on any atom is 0.0690 e. The second-order valence-corrected chi connectivity index (χ2v) is 2.88. The Balaban J connectivity index is 2.15. The first-order chi connectivity index (χ1) is 5.38. The molecule has 0 amide bonds. The summed E-state index contributed by atoms with van der Waals surface area (Å²) in [6.07, 6.45) is 1.98. The van der Waals surface area contributed by atoms with E-state index in [1.165, 1.54) is 0 Å². The average Bonchev–Trinajstić information content (AvgIpc) is 2.87. The van der Waals surface area contributed by atoms with Crippen LogP contribution in [0.3, 0.4) is 0 Å². The zero-order valence-electron chi connectivity index (χ0n) is 6.20. The number of anilines is 1. The summed E-state index contributed by atoms with van der Waals surface area (Å²) in [5.74, 6) is 0. The van der Waals surface area contributed by atoms with Crippen LogP contribution in [0.2, 0.25) is 0 Å². The van der Waals surface area contributed by atoms with Gasteiger partial charge in [0, 0.05) is 0 Å². The standard InChI is InChI=1S/C9H10FN/c10-11(9-6-7-9)8-4-2-1-3-5-8/h1-5,9H,6-7H2. The molecule has 0 saturated heterocycles. The van der Waals surface area contributed by atoms with Crippen molar-refractivity contribution < 1.29 is 4.48 Å². The van der Waals surface area contributed by atoms with E-state index in [1.54, 1.807) is 12.1 Å². The fraction of sp³-hybridized carbons (Fsp3) is 0.333. The zero-order valence-corrected chi connectivity index (χ0v) is 6.20. The maximum atomic E-state index is 13.2. The van der Waals surface area contributed by atoms with Crippen molar-refractivity contribution in [1.82, 2.24) is 0 Å². The maximum absolute atomic E-state index is 13.2. The molecule has 1 fully saturated rings. The fourth-order valence-corrected chi connectivity index (χ4v) is 1.08. The Labute approximate surface area is 65.4 Å². The molecule has 0 heterocycles. The number of rotatable bonds is 2. The normalized spacial score (nSPS) is 16.5. The van der Waals surface area contributed by atoms with E-state index in [4.69, 9.17) is 0 Å². The quantitative estimate of drug-likeness (QED) is 0.587. The van der Waals surface area contributed by atoms with E-state index >= 15 is 0 Å². The summed E-state index contributed by atoms with van der Waals surface area (Å²) >= 11 is 0. The molecule has 0 aromatic heterocycles. The van der Waals surface area contributed by atoms with Crippen molar-refractivity contribution in [1.29, 1.82) is 0 Å². The van der Waals surface area contributed by atoms with Gasteiger partial charge >= 0.3 is 0 Å². The van der Waals surface area contributed by atoms with E-state index in [-0.39, 0.29) is 6.04 Å². The first kappa shape index (κ1) is 6.65. The van der Waals surface area contributed by atoms with E-state index in [9.17, 15) is 4.48 Å². The average molecular weight is 151 g/mol. The Hall–Kier alpha value is -1.05. The van der Waals surface area contributed by atoms with E-state index in [2.05, 4.69) is 0 Å². The van der Waals surface area contributed by atoms with Crippen molar-refractivity contribution in [3.63, 3.8) is 0 Å². The lowest BCUT2D eigenvalue weighted by Gasteiger charge is -2.11. The molecule has 1 aliphatic rings. The van der Waals surface area contributed by atoms with Gasteiger partial charge in [-0.05, 0) is 25.0 Å². The third-order valence-corrected chi connectivity index (χ3v) is 1.87. The highest BCUT2D eigenvalue weighted by atomic mass is 19.2. The van der Waals surface area contributed by atoms with Crippen molar-refractivity contribution in [3.05, 3.63) is 30.3 Å². The second kappa shape index (κ2) is 2.53. The first-order valence-corrected chi connectivity index (χ1v) is 3.88. The van der Waals surface area contributed by atoms with E-state index < -0.39 is 0 Å². The lowest BCUT2D eigenvalue weighted by molar-refractivity contribution is 0.428. The van der Waals surface area contributed by atoms with Crippen molar-refractivity contribution >= 4 is 5.69 Å². The van der Waals surface area contributed by atoms with Crippen molar-refractivity contribution in [2.24, 2.45) is 0 Å². The topological polar surface area (TPSA) is 3.24 Å². The van der Waals surface area contributed by atoms with Crippen LogP contribution < -0.4 is 5.12 Å². The van der Waals surface area contributed by atoms with Crippen molar-refractivity contribution in [2.45, 2.75) is 18.9 Å². The minimum absolute atomic E-state index is 0.150. The van der Waals surface area contributed by atoms with Gasteiger partial charge in [0.15, 0.2) is 0 Å². The highest BCUT2D eigenvalue weighted by Gasteiger charge is 2.29. The number of halogens is 1. The van der Waals surface area contributed by atoms with Crippen LogP contribution in [0.4, 0.5) is 10.2 Å². The predicted molar refractivity (Wildman–Crippen MR) is 43.1 cm³/mol. The van der Waals surface area contributed by atoms with Crippen LogP contribution in [-0.2, 0) is 0 Å². The van der Waals surface area contributed by atoms with Gasteiger partial charge in [0.1, 0.15) is 0 Å². The largest absolute Gasteiger partial charge is 0.209 e. The Bertz CT molecular complexity index is 231. The molecule has 0 bridgehead atoms. The summed E-state index contributed by atoms with van der Waals surface area (Å²) in [6, 6.07) is 9.33. The summed E-state index contributed by atoms with van der Waals surface area (Å²) in [5, 5.41) is 0.861. The number of hydrogen-bond acceptors (Lipinski definition) is 1. The molecule has 1 saturated carbocycles. The molecule has 0 N–H and O–H groups in total. The second-order valence-electron chi connectivity index (χ2n) is 2.88. The third kappa shape index (κ3) is 1.34. The van der Waals surface area contributed by atoms with E-state index in [0.717, 1.165) is 18.0 Å². The summed E-state index contributed by atoms with van der Waals surface area (Å²) in [4.78, 5) is 0. The molecule has 0 unspecified atom stereocenters. The highest BCUT2D eigenvalue weighted by Crippen LogP contribution is 2.31. The Morgan fingerprint density at radius 2 is 1.82 bits per heavy atom. The molecule has 0 aliphatic heterocycles. The van der Waals surface area contributed by atoms with Gasteiger partial charge in [-0.2, -0.15) is 0 Å². The van der Waals surface area contributed by atoms with Crippen LogP contribution in [0.15, 0.2) is 30.3 Å².